The molecule has 2 aliphatic rings. The molecule has 0 aliphatic carbocycles. The van der Waals surface area contributed by atoms with Gasteiger partial charge in [0.1, 0.15) is 16.7 Å². The molecule has 14 heteroatoms. The third kappa shape index (κ3) is 4.04. The molecule has 2 aromatic rings. The highest BCUT2D eigenvalue weighted by atomic mass is 32.2. The van der Waals surface area contributed by atoms with Crippen molar-refractivity contribution in [3.63, 3.8) is 0 Å². The van der Waals surface area contributed by atoms with Gasteiger partial charge in [0.2, 0.25) is 0 Å². The number of rotatable bonds is 5. The quantitative estimate of drug-likeness (QED) is 0.613. The van der Waals surface area contributed by atoms with E-state index in [4.69, 9.17) is 4.84 Å². The molecule has 1 aromatic heterocycles. The van der Waals surface area contributed by atoms with Gasteiger partial charge in [0.15, 0.2) is 21.4 Å². The number of nitrogens with zero attached hydrogens (tertiary/aromatic N) is 3. The van der Waals surface area contributed by atoms with Gasteiger partial charge in [-0.25, -0.2) is 39.9 Å². The Hall–Kier alpha value is -2.68. The molecule has 0 spiro atoms. The Morgan fingerprint density at radius 2 is 1.97 bits per heavy atom. The van der Waals surface area contributed by atoms with Crippen molar-refractivity contribution >= 4 is 36.3 Å². The van der Waals surface area contributed by atoms with E-state index in [1.54, 1.807) is 0 Å². The van der Waals surface area contributed by atoms with Crippen LogP contribution in [0.1, 0.15) is 41.8 Å². The average molecular weight is 517 g/mol. The number of aliphatic hydroxyl groups excluding tert-OH is 1. The summed E-state index contributed by atoms with van der Waals surface area (Å²) >= 11 is 0. The van der Waals surface area contributed by atoms with E-state index in [2.05, 4.69) is 15.4 Å². The summed E-state index contributed by atoms with van der Waals surface area (Å²) < 4.78 is 79.0. The van der Waals surface area contributed by atoms with E-state index in [1.807, 2.05) is 6.92 Å². The van der Waals surface area contributed by atoms with Crippen molar-refractivity contribution in [3.05, 3.63) is 46.9 Å². The first-order valence-corrected chi connectivity index (χ1v) is 13.5. The highest BCUT2D eigenvalue weighted by molar-refractivity contribution is 8.02. The van der Waals surface area contributed by atoms with Crippen molar-refractivity contribution in [2.75, 3.05) is 17.1 Å². The zero-order chi connectivity index (χ0) is 25.0. The van der Waals surface area contributed by atoms with Crippen molar-refractivity contribution in [2.45, 2.75) is 43.7 Å². The highest BCUT2D eigenvalue weighted by Gasteiger charge is 2.43. The van der Waals surface area contributed by atoms with Crippen LogP contribution in [0.3, 0.4) is 0 Å². The van der Waals surface area contributed by atoms with Crippen LogP contribution in [0.25, 0.3) is 10.7 Å². The van der Waals surface area contributed by atoms with Crippen LogP contribution in [-0.4, -0.2) is 57.2 Å². The molecule has 1 fully saturated rings. The summed E-state index contributed by atoms with van der Waals surface area (Å²) in [7, 11) is -8.47. The van der Waals surface area contributed by atoms with Gasteiger partial charge in [0, 0.05) is 35.8 Å². The van der Waals surface area contributed by atoms with Crippen molar-refractivity contribution in [1.82, 2.24) is 15.4 Å². The molecule has 0 saturated carbocycles. The fourth-order valence-corrected chi connectivity index (χ4v) is 6.91. The number of hydrogen-bond acceptors (Lipinski definition) is 9. The fraction of sp³-hybridized carbons (Fsp3) is 0.400. The lowest BCUT2D eigenvalue weighted by atomic mass is 9.94. The van der Waals surface area contributed by atoms with E-state index < -0.39 is 55.4 Å². The number of hydrogen-bond donors (Lipinski definition) is 2. The van der Waals surface area contributed by atoms with Crippen molar-refractivity contribution in [1.29, 1.82) is 0 Å². The minimum absolute atomic E-state index is 0.0568. The summed E-state index contributed by atoms with van der Waals surface area (Å²) in [5, 5.41) is 10.9. The summed E-state index contributed by atoms with van der Waals surface area (Å²) in [6, 6.07) is 2.35. The van der Waals surface area contributed by atoms with E-state index >= 15 is 0 Å². The van der Waals surface area contributed by atoms with Crippen LogP contribution < -0.4 is 9.79 Å². The van der Waals surface area contributed by atoms with E-state index in [-0.39, 0.29) is 33.3 Å². The van der Waals surface area contributed by atoms with Crippen LogP contribution in [0, 0.1) is 6.92 Å². The van der Waals surface area contributed by atoms with Gasteiger partial charge in [-0.2, -0.15) is 5.48 Å². The molecular formula is C20H22F2N4O6S2. The first kappa shape index (κ1) is 24.4. The first-order valence-electron chi connectivity index (χ1n) is 10.1. The maximum atomic E-state index is 13.5. The lowest BCUT2D eigenvalue weighted by Gasteiger charge is -2.31. The van der Waals surface area contributed by atoms with Crippen LogP contribution in [0.5, 0.6) is 0 Å². The van der Waals surface area contributed by atoms with Crippen molar-refractivity contribution in [2.24, 2.45) is 0 Å². The van der Waals surface area contributed by atoms with Gasteiger partial charge in [-0.1, -0.05) is 6.07 Å². The van der Waals surface area contributed by atoms with Gasteiger partial charge in [-0.05, 0) is 31.9 Å². The van der Waals surface area contributed by atoms with Gasteiger partial charge < -0.3 is 5.11 Å². The monoisotopic (exact) mass is 516 g/mol. The number of sulfonamides is 1. The number of sulfone groups is 1. The standard InChI is InChI=1S/C20H22F2N4O6S2/c1-10-8-13(32-25-10)16-11(2)12(4-5-14(16)33(3,28)29)19-18(27)17-20(24-7-6-23-17)26(9-15(21)22)34(19,30)31/h4-7,10,13,15,25,27H,8-9H2,1-3H3. The Bertz CT molecular complexity index is 1400. The number of benzene rings is 1. The smallest absolute Gasteiger partial charge is 0.270 e. The van der Waals surface area contributed by atoms with Crippen molar-refractivity contribution in [3.8, 4) is 0 Å². The van der Waals surface area contributed by atoms with Crippen LogP contribution in [0.15, 0.2) is 29.4 Å². The molecule has 2 unspecified atom stereocenters. The average Bonchev–Trinajstić information content (AvgIpc) is 3.17. The van der Waals surface area contributed by atoms with Gasteiger partial charge >= 0.3 is 0 Å². The van der Waals surface area contributed by atoms with Crippen LogP contribution in [0.2, 0.25) is 0 Å². The molecule has 184 valence electrons. The number of alkyl halides is 2. The molecule has 1 saturated heterocycles. The molecule has 2 atom stereocenters. The zero-order valence-corrected chi connectivity index (χ0v) is 20.0. The Balaban J connectivity index is 2.02. The van der Waals surface area contributed by atoms with Crippen LogP contribution in [-0.2, 0) is 24.7 Å². The molecule has 0 amide bonds. The number of halogens is 2. The number of nitrogens with one attached hydrogen (secondary N) is 1. The van der Waals surface area contributed by atoms with Gasteiger partial charge in [0.25, 0.3) is 16.4 Å². The second-order valence-electron chi connectivity index (χ2n) is 8.12. The number of fused-ring (bicyclic) bond motifs is 1. The predicted molar refractivity (Wildman–Crippen MR) is 119 cm³/mol. The molecule has 2 N–H and O–H groups in total. The number of anilines is 1. The predicted octanol–water partition coefficient (Wildman–Crippen LogP) is 2.34. The third-order valence-electron chi connectivity index (χ3n) is 5.63. The number of aliphatic hydroxyl groups is 1. The van der Waals surface area contributed by atoms with E-state index in [0.29, 0.717) is 10.7 Å². The zero-order valence-electron chi connectivity index (χ0n) is 18.4. The summed E-state index contributed by atoms with van der Waals surface area (Å²) in [6.45, 7) is 2.12. The van der Waals surface area contributed by atoms with E-state index in [1.165, 1.54) is 25.3 Å². The second kappa shape index (κ2) is 8.52. The molecule has 10 nitrogen and oxygen atoms in total. The van der Waals surface area contributed by atoms with Gasteiger partial charge in [-0.15, -0.1) is 0 Å². The fourth-order valence-electron chi connectivity index (χ4n) is 4.18. The third-order valence-corrected chi connectivity index (χ3v) is 8.61. The Kier molecular flexibility index (Phi) is 6.12. The molecule has 0 radical (unpaired) electrons. The van der Waals surface area contributed by atoms with Crippen LogP contribution >= 0.6 is 0 Å². The van der Waals surface area contributed by atoms with E-state index in [0.717, 1.165) is 12.5 Å². The largest absolute Gasteiger partial charge is 0.504 e. The molecule has 0 bridgehead atoms. The normalized spacial score (nSPS) is 22.4. The first-order chi connectivity index (χ1) is 15.8. The Labute approximate surface area is 195 Å². The van der Waals surface area contributed by atoms with Crippen LogP contribution in [0.4, 0.5) is 14.6 Å². The summed E-state index contributed by atoms with van der Waals surface area (Å²) in [5.41, 5.74) is 2.84. The molecule has 34 heavy (non-hydrogen) atoms. The van der Waals surface area contributed by atoms with Gasteiger partial charge in [-0.3, -0.25) is 4.84 Å². The highest BCUT2D eigenvalue weighted by Crippen LogP contribution is 2.44. The van der Waals surface area contributed by atoms with E-state index in [9.17, 15) is 30.7 Å². The topological polar surface area (TPSA) is 139 Å². The Morgan fingerprint density at radius 1 is 1.29 bits per heavy atom. The van der Waals surface area contributed by atoms with Gasteiger partial charge in [0.05, 0.1) is 11.4 Å². The second-order valence-corrected chi connectivity index (χ2v) is 11.9. The lowest BCUT2D eigenvalue weighted by Crippen LogP contribution is -2.39. The number of aromatic nitrogens is 2. The number of hydroxylamine groups is 1. The minimum atomic E-state index is -4.72. The molecule has 3 heterocycles. The summed E-state index contributed by atoms with van der Waals surface area (Å²) in [6.07, 6.45) is -0.0265. The molecule has 2 aliphatic heterocycles. The maximum absolute atomic E-state index is 13.5. The maximum Gasteiger partial charge on any atom is 0.270 e. The molecular weight excluding hydrogens is 494 g/mol. The summed E-state index contributed by atoms with van der Waals surface area (Å²) in [5.74, 6) is -1.19. The van der Waals surface area contributed by atoms with Crippen molar-refractivity contribution < 1.29 is 35.6 Å². The Morgan fingerprint density at radius 3 is 2.56 bits per heavy atom. The molecule has 4 rings (SSSR count). The lowest BCUT2D eigenvalue weighted by molar-refractivity contribution is 0.0253. The molecule has 1 aromatic carbocycles. The summed E-state index contributed by atoms with van der Waals surface area (Å²) in [4.78, 5) is 12.6. The minimum Gasteiger partial charge on any atom is -0.504 e. The SMILES string of the molecule is Cc1c(C2=C(O)c3nccnc3N(CC(F)F)S2(=O)=O)ccc(S(C)(=O)=O)c1C1CC(C)NO1.